The Bertz CT molecular complexity index is 2750. The summed E-state index contributed by atoms with van der Waals surface area (Å²) < 4.78 is 0. The lowest BCUT2D eigenvalue weighted by Crippen LogP contribution is -2.44. The van der Waals surface area contributed by atoms with E-state index in [0.29, 0.717) is 0 Å². The number of hydrogen-bond acceptors (Lipinski definition) is 3. The van der Waals surface area contributed by atoms with Gasteiger partial charge in [0.15, 0.2) is 0 Å². The lowest BCUT2D eigenvalue weighted by atomic mass is 9.56. The van der Waals surface area contributed by atoms with Gasteiger partial charge in [-0.2, -0.15) is 0 Å². The van der Waals surface area contributed by atoms with E-state index in [1.54, 1.807) is 0 Å². The standard InChI is InChI=1S/C58H45N3/c1-56(2,3)46-38-49-55-50(39-46)58(44-24-12-6-13-25-44,45-26-14-7-15-27-45)48-33-31-41(52-29-17-19-35-60-52)37-54(48)61(55)53-36-40(51-28-16-18-34-59-51)30-32-47(53)57(49,42-20-8-4-9-21-42)43-22-10-5-11-23-43/h4-39H,1-3H3. The van der Waals surface area contributed by atoms with E-state index in [9.17, 15) is 0 Å². The summed E-state index contributed by atoms with van der Waals surface area (Å²) in [4.78, 5) is 12.4. The highest BCUT2D eigenvalue weighted by Crippen LogP contribution is 2.66. The van der Waals surface area contributed by atoms with Gasteiger partial charge in [-0.3, -0.25) is 9.97 Å². The molecule has 0 atom stereocenters. The summed E-state index contributed by atoms with van der Waals surface area (Å²) in [6, 6.07) is 76.2. The molecule has 4 heterocycles. The Hall–Kier alpha value is -7.36. The molecule has 11 rings (SSSR count). The fourth-order valence-electron chi connectivity index (χ4n) is 10.3. The van der Waals surface area contributed by atoms with Gasteiger partial charge in [-0.25, -0.2) is 0 Å². The van der Waals surface area contributed by atoms with E-state index in [1.165, 1.54) is 55.8 Å². The van der Waals surface area contributed by atoms with Gasteiger partial charge < -0.3 is 4.90 Å². The molecule has 0 saturated carbocycles. The SMILES string of the molecule is CC(C)(C)c1cc2c3c(c1)C(c1ccccc1)(c1ccccc1)c1ccc(-c4ccccn4)cc1N3c1cc(-c3ccccn3)ccc1C2(c1ccccc1)c1ccccc1. The number of aromatic nitrogens is 2. The quantitative estimate of drug-likeness (QED) is 0.168. The predicted molar refractivity (Wildman–Crippen MR) is 250 cm³/mol. The van der Waals surface area contributed by atoms with E-state index >= 15 is 0 Å². The molecule has 0 aliphatic carbocycles. The zero-order chi connectivity index (χ0) is 41.2. The van der Waals surface area contributed by atoms with Crippen LogP contribution in [0.1, 0.15) is 70.8 Å². The van der Waals surface area contributed by atoms with Crippen molar-refractivity contribution in [1.29, 1.82) is 0 Å². The molecule has 292 valence electrons. The summed E-state index contributed by atoms with van der Waals surface area (Å²) in [5.74, 6) is 0. The Kier molecular flexibility index (Phi) is 8.51. The van der Waals surface area contributed by atoms with Crippen molar-refractivity contribution in [2.24, 2.45) is 0 Å². The first-order valence-corrected chi connectivity index (χ1v) is 21.2. The fraction of sp³-hybridized carbons (Fsp3) is 0.103. The molecule has 2 aliphatic heterocycles. The van der Waals surface area contributed by atoms with Crippen molar-refractivity contribution in [1.82, 2.24) is 9.97 Å². The van der Waals surface area contributed by atoms with Gasteiger partial charge >= 0.3 is 0 Å². The molecule has 0 saturated heterocycles. The number of rotatable bonds is 6. The molecule has 2 aromatic heterocycles. The molecular formula is C58H45N3. The Morgan fingerprint density at radius 3 is 1.07 bits per heavy atom. The monoisotopic (exact) mass is 783 g/mol. The van der Waals surface area contributed by atoms with Crippen LogP contribution in [0.15, 0.2) is 219 Å². The van der Waals surface area contributed by atoms with Crippen LogP contribution in [0.5, 0.6) is 0 Å². The number of pyridine rings is 2. The third-order valence-corrected chi connectivity index (χ3v) is 13.0. The van der Waals surface area contributed by atoms with Gasteiger partial charge in [-0.05, 0) is 91.9 Å². The minimum absolute atomic E-state index is 0.180. The third-order valence-electron chi connectivity index (χ3n) is 13.0. The van der Waals surface area contributed by atoms with Crippen molar-refractivity contribution >= 4 is 17.1 Å². The van der Waals surface area contributed by atoms with Crippen molar-refractivity contribution < 1.29 is 0 Å². The van der Waals surface area contributed by atoms with E-state index in [4.69, 9.17) is 9.97 Å². The van der Waals surface area contributed by atoms with Gasteiger partial charge in [0.05, 0.1) is 39.3 Å². The lowest BCUT2D eigenvalue weighted by molar-refractivity contribution is 0.581. The van der Waals surface area contributed by atoms with Gasteiger partial charge in [-0.15, -0.1) is 0 Å². The Labute approximate surface area is 358 Å². The second kappa shape index (κ2) is 14.1. The smallest absolute Gasteiger partial charge is 0.0742 e. The Balaban J connectivity index is 1.40. The summed E-state index contributed by atoms with van der Waals surface area (Å²) in [6.07, 6.45) is 3.77. The Morgan fingerprint density at radius 2 is 0.738 bits per heavy atom. The fourth-order valence-corrected chi connectivity index (χ4v) is 10.3. The maximum absolute atomic E-state index is 4.89. The lowest BCUT2D eigenvalue weighted by Gasteiger charge is -2.54. The molecule has 0 unspecified atom stereocenters. The van der Waals surface area contributed by atoms with Crippen LogP contribution in [-0.4, -0.2) is 9.97 Å². The summed E-state index contributed by atoms with van der Waals surface area (Å²) >= 11 is 0. The van der Waals surface area contributed by atoms with Gasteiger partial charge in [-0.1, -0.05) is 191 Å². The largest absolute Gasteiger partial charge is 0.309 e. The topological polar surface area (TPSA) is 29.0 Å². The van der Waals surface area contributed by atoms with Gasteiger partial charge in [0.2, 0.25) is 0 Å². The number of anilines is 3. The number of hydrogen-bond donors (Lipinski definition) is 0. The molecule has 0 fully saturated rings. The molecule has 7 aromatic carbocycles. The van der Waals surface area contributed by atoms with Crippen LogP contribution in [0.3, 0.4) is 0 Å². The molecule has 0 radical (unpaired) electrons. The van der Waals surface area contributed by atoms with Crippen LogP contribution in [0.2, 0.25) is 0 Å². The van der Waals surface area contributed by atoms with E-state index in [0.717, 1.165) is 33.9 Å². The predicted octanol–water partition coefficient (Wildman–Crippen LogP) is 14.0. The number of nitrogens with zero attached hydrogens (tertiary/aromatic N) is 3. The van der Waals surface area contributed by atoms with E-state index in [1.807, 2.05) is 24.5 Å². The van der Waals surface area contributed by atoms with Crippen LogP contribution in [0, 0.1) is 0 Å². The van der Waals surface area contributed by atoms with Crippen LogP contribution in [-0.2, 0) is 16.2 Å². The molecule has 3 heteroatoms. The molecule has 0 amide bonds. The highest BCUT2D eigenvalue weighted by molar-refractivity contribution is 5.99. The summed E-state index contributed by atoms with van der Waals surface area (Å²) in [6.45, 7) is 7.05. The second-order valence-corrected chi connectivity index (χ2v) is 17.4. The maximum Gasteiger partial charge on any atom is 0.0742 e. The van der Waals surface area contributed by atoms with Gasteiger partial charge in [0.25, 0.3) is 0 Å². The zero-order valence-electron chi connectivity index (χ0n) is 34.6. The molecule has 0 N–H and O–H groups in total. The van der Waals surface area contributed by atoms with Crippen molar-refractivity contribution in [2.75, 3.05) is 4.90 Å². The highest BCUT2D eigenvalue weighted by atomic mass is 15.2. The maximum atomic E-state index is 4.89. The average Bonchev–Trinajstić information content (AvgIpc) is 3.32. The molecule has 2 aliphatic rings. The van der Waals surface area contributed by atoms with Crippen LogP contribution in [0.4, 0.5) is 17.1 Å². The first-order chi connectivity index (χ1) is 29.9. The first kappa shape index (κ1) is 36.7. The average molecular weight is 784 g/mol. The molecule has 9 aromatic rings. The van der Waals surface area contributed by atoms with Crippen LogP contribution in [0.25, 0.3) is 22.5 Å². The molecule has 61 heavy (non-hydrogen) atoms. The summed E-state index contributed by atoms with van der Waals surface area (Å²) in [5, 5.41) is 0. The van der Waals surface area contributed by atoms with E-state index in [-0.39, 0.29) is 5.41 Å². The normalized spacial score (nSPS) is 14.4. The third kappa shape index (κ3) is 5.50. The second-order valence-electron chi connectivity index (χ2n) is 17.4. The van der Waals surface area contributed by atoms with E-state index < -0.39 is 10.8 Å². The van der Waals surface area contributed by atoms with Crippen molar-refractivity contribution in [2.45, 2.75) is 37.0 Å². The first-order valence-electron chi connectivity index (χ1n) is 21.2. The van der Waals surface area contributed by atoms with Crippen molar-refractivity contribution in [3.63, 3.8) is 0 Å². The minimum Gasteiger partial charge on any atom is -0.309 e. The van der Waals surface area contributed by atoms with E-state index in [2.05, 4.69) is 220 Å². The van der Waals surface area contributed by atoms with Gasteiger partial charge in [0.1, 0.15) is 0 Å². The van der Waals surface area contributed by atoms with Crippen molar-refractivity contribution in [3.8, 4) is 22.5 Å². The number of benzene rings is 7. The van der Waals surface area contributed by atoms with Crippen LogP contribution < -0.4 is 4.90 Å². The zero-order valence-corrected chi connectivity index (χ0v) is 34.6. The summed E-state index contributed by atoms with van der Waals surface area (Å²) in [7, 11) is 0. The highest BCUT2D eigenvalue weighted by Gasteiger charge is 2.54. The Morgan fingerprint density at radius 1 is 0.377 bits per heavy atom. The molecule has 0 spiro atoms. The summed E-state index contributed by atoms with van der Waals surface area (Å²) in [5.41, 5.74) is 17.0. The van der Waals surface area contributed by atoms with Crippen molar-refractivity contribution in [3.05, 3.63) is 269 Å². The number of fused-ring (bicyclic) bond motifs is 4. The molecule has 3 nitrogen and oxygen atoms in total. The molecular weight excluding hydrogens is 739 g/mol. The minimum atomic E-state index is -0.697. The van der Waals surface area contributed by atoms with Gasteiger partial charge in [0, 0.05) is 23.5 Å². The van der Waals surface area contributed by atoms with Crippen LogP contribution >= 0.6 is 0 Å². The molecule has 0 bridgehead atoms.